The van der Waals surface area contributed by atoms with Gasteiger partial charge in [-0.1, -0.05) is 0 Å². The lowest BCUT2D eigenvalue weighted by Crippen LogP contribution is -2.35. The fraction of sp³-hybridized carbons (Fsp3) is 0.476. The van der Waals surface area contributed by atoms with E-state index in [0.29, 0.717) is 5.92 Å². The molecule has 136 valence electrons. The van der Waals surface area contributed by atoms with Gasteiger partial charge in [-0.05, 0) is 69.6 Å². The summed E-state index contributed by atoms with van der Waals surface area (Å²) in [5.41, 5.74) is 4.98. The van der Waals surface area contributed by atoms with E-state index in [1.165, 1.54) is 25.0 Å². The Labute approximate surface area is 159 Å². The first-order valence-electron chi connectivity index (χ1n) is 9.52. The van der Waals surface area contributed by atoms with Crippen LogP contribution in [0.1, 0.15) is 54.9 Å². The predicted octanol–water partition coefficient (Wildman–Crippen LogP) is 5.25. The Bertz CT molecular complexity index is 831. The summed E-state index contributed by atoms with van der Waals surface area (Å²) in [4.78, 5) is 24.4. The van der Waals surface area contributed by atoms with Gasteiger partial charge in [0.1, 0.15) is 5.01 Å². The molecule has 2 aromatic rings. The number of piperidine rings is 1. The number of carbonyl (C=O) groups excluding carboxylic acids is 1. The van der Waals surface area contributed by atoms with Crippen molar-refractivity contribution in [2.75, 3.05) is 13.1 Å². The number of amides is 1. The highest BCUT2D eigenvalue weighted by atomic mass is 32.1. The molecule has 0 radical (unpaired) electrons. The van der Waals surface area contributed by atoms with Gasteiger partial charge >= 0.3 is 0 Å². The predicted molar refractivity (Wildman–Crippen MR) is 108 cm³/mol. The molecule has 1 aliphatic heterocycles. The summed E-state index contributed by atoms with van der Waals surface area (Å²) in [6.07, 6.45) is 7.71. The maximum atomic E-state index is 13.1. The third-order valence-electron chi connectivity index (χ3n) is 5.40. The molecule has 26 heavy (non-hydrogen) atoms. The fourth-order valence-electron chi connectivity index (χ4n) is 3.58. The number of aliphatic imine (C=N–C) groups is 1. The number of benzene rings is 1. The van der Waals surface area contributed by atoms with Crippen LogP contribution < -0.4 is 0 Å². The van der Waals surface area contributed by atoms with Crippen molar-refractivity contribution in [3.63, 3.8) is 0 Å². The summed E-state index contributed by atoms with van der Waals surface area (Å²) in [5, 5.41) is 2.93. The number of rotatable bonds is 4. The zero-order valence-corrected chi connectivity index (χ0v) is 16.3. The van der Waals surface area contributed by atoms with Crippen LogP contribution in [0.4, 0.5) is 5.69 Å². The minimum absolute atomic E-state index is 0.128. The quantitative estimate of drug-likeness (QED) is 0.693. The van der Waals surface area contributed by atoms with Gasteiger partial charge < -0.3 is 4.90 Å². The molecule has 0 unspecified atom stereocenters. The molecule has 5 heteroatoms. The first kappa shape index (κ1) is 17.4. The fourth-order valence-corrected chi connectivity index (χ4v) is 4.29. The second-order valence-corrected chi connectivity index (χ2v) is 8.28. The number of thiazole rings is 1. The zero-order chi connectivity index (χ0) is 18.1. The molecule has 0 spiro atoms. The van der Waals surface area contributed by atoms with Crippen molar-refractivity contribution in [1.82, 2.24) is 9.88 Å². The maximum absolute atomic E-state index is 13.1. The largest absolute Gasteiger partial charge is 0.339 e. The van der Waals surface area contributed by atoms with E-state index >= 15 is 0 Å². The molecule has 2 aliphatic rings. The SMILES string of the molecule is CC(=Nc1cc(C(=O)N2CCCCC2)cc(-c2nccs2)c1C)C1CC1. The Morgan fingerprint density at radius 3 is 2.65 bits per heavy atom. The van der Waals surface area contributed by atoms with E-state index in [1.54, 1.807) is 11.3 Å². The van der Waals surface area contributed by atoms with E-state index in [2.05, 4.69) is 18.8 Å². The molecule has 1 aromatic heterocycles. The molecular formula is C21H25N3OS. The van der Waals surface area contributed by atoms with E-state index in [9.17, 15) is 4.79 Å². The summed E-state index contributed by atoms with van der Waals surface area (Å²) in [6.45, 7) is 5.92. The molecule has 2 fully saturated rings. The molecule has 0 N–H and O–H groups in total. The van der Waals surface area contributed by atoms with Gasteiger partial charge in [0.15, 0.2) is 0 Å². The Morgan fingerprint density at radius 2 is 2.00 bits per heavy atom. The van der Waals surface area contributed by atoms with Gasteiger partial charge in [-0.2, -0.15) is 0 Å². The molecule has 2 heterocycles. The second kappa shape index (κ2) is 7.31. The van der Waals surface area contributed by atoms with Crippen molar-refractivity contribution >= 4 is 28.6 Å². The lowest BCUT2D eigenvalue weighted by Gasteiger charge is -2.27. The van der Waals surface area contributed by atoms with Crippen LogP contribution in [0.5, 0.6) is 0 Å². The number of hydrogen-bond donors (Lipinski definition) is 0. The molecule has 1 saturated heterocycles. The highest BCUT2D eigenvalue weighted by Crippen LogP contribution is 2.36. The lowest BCUT2D eigenvalue weighted by atomic mass is 10.0. The summed E-state index contributed by atoms with van der Waals surface area (Å²) < 4.78 is 0. The van der Waals surface area contributed by atoms with Crippen LogP contribution in [-0.4, -0.2) is 34.6 Å². The minimum atomic E-state index is 0.128. The van der Waals surface area contributed by atoms with E-state index in [0.717, 1.165) is 53.3 Å². The Hall–Kier alpha value is -2.01. The van der Waals surface area contributed by atoms with E-state index in [4.69, 9.17) is 4.99 Å². The maximum Gasteiger partial charge on any atom is 0.253 e. The molecule has 1 saturated carbocycles. The van der Waals surface area contributed by atoms with Crippen molar-refractivity contribution in [2.24, 2.45) is 10.9 Å². The molecule has 4 nitrogen and oxygen atoms in total. The summed E-state index contributed by atoms with van der Waals surface area (Å²) in [7, 11) is 0. The van der Waals surface area contributed by atoms with Crippen molar-refractivity contribution in [3.8, 4) is 10.6 Å². The van der Waals surface area contributed by atoms with Crippen LogP contribution in [0.3, 0.4) is 0 Å². The molecule has 1 aliphatic carbocycles. The highest BCUT2D eigenvalue weighted by Gasteiger charge is 2.25. The highest BCUT2D eigenvalue weighted by molar-refractivity contribution is 7.13. The molecule has 1 aromatic carbocycles. The molecule has 4 rings (SSSR count). The Morgan fingerprint density at radius 1 is 1.23 bits per heavy atom. The normalized spacial score (nSPS) is 18.2. The summed E-state index contributed by atoms with van der Waals surface area (Å²) in [6, 6.07) is 3.99. The standard InChI is InChI=1S/C21H25N3OS/c1-14-18(20-22-8-11-26-20)12-17(21(25)24-9-4-3-5-10-24)13-19(14)23-15(2)16-6-7-16/h8,11-13,16H,3-7,9-10H2,1-2H3. The van der Waals surface area contributed by atoms with Gasteiger partial charge in [-0.25, -0.2) is 4.98 Å². The van der Waals surface area contributed by atoms with Crippen molar-refractivity contribution in [1.29, 1.82) is 0 Å². The molecular weight excluding hydrogens is 342 g/mol. The van der Waals surface area contributed by atoms with Gasteiger partial charge in [-0.15, -0.1) is 11.3 Å². The van der Waals surface area contributed by atoms with Gasteiger partial charge in [0.2, 0.25) is 0 Å². The van der Waals surface area contributed by atoms with Crippen molar-refractivity contribution in [3.05, 3.63) is 34.8 Å². The number of aromatic nitrogens is 1. The third kappa shape index (κ3) is 3.58. The van der Waals surface area contributed by atoms with E-state index in [-0.39, 0.29) is 5.91 Å². The first-order valence-corrected chi connectivity index (χ1v) is 10.4. The lowest BCUT2D eigenvalue weighted by molar-refractivity contribution is 0.0724. The van der Waals surface area contributed by atoms with Gasteiger partial charge in [0.05, 0.1) is 5.69 Å². The van der Waals surface area contributed by atoms with Gasteiger partial charge in [-0.3, -0.25) is 9.79 Å². The zero-order valence-electron chi connectivity index (χ0n) is 15.5. The average molecular weight is 368 g/mol. The summed E-state index contributed by atoms with van der Waals surface area (Å²) in [5.74, 6) is 0.752. The van der Waals surface area contributed by atoms with Crippen molar-refractivity contribution < 1.29 is 4.79 Å². The van der Waals surface area contributed by atoms with Crippen LogP contribution >= 0.6 is 11.3 Å². The number of nitrogens with zero attached hydrogens (tertiary/aromatic N) is 3. The van der Waals surface area contributed by atoms with Crippen LogP contribution in [0.15, 0.2) is 28.7 Å². The first-order chi connectivity index (χ1) is 12.6. The van der Waals surface area contributed by atoms with Crippen molar-refractivity contribution in [2.45, 2.75) is 46.0 Å². The van der Waals surface area contributed by atoms with Crippen LogP contribution in [0.2, 0.25) is 0 Å². The van der Waals surface area contributed by atoms with Crippen LogP contribution in [-0.2, 0) is 0 Å². The summed E-state index contributed by atoms with van der Waals surface area (Å²) >= 11 is 1.61. The average Bonchev–Trinajstić information content (AvgIpc) is 3.39. The van der Waals surface area contributed by atoms with Crippen LogP contribution in [0.25, 0.3) is 10.6 Å². The number of hydrogen-bond acceptors (Lipinski definition) is 4. The van der Waals surface area contributed by atoms with E-state index < -0.39 is 0 Å². The Kier molecular flexibility index (Phi) is 4.90. The number of likely N-dealkylation sites (tertiary alicyclic amines) is 1. The minimum Gasteiger partial charge on any atom is -0.339 e. The van der Waals surface area contributed by atoms with Gasteiger partial charge in [0, 0.05) is 41.5 Å². The van der Waals surface area contributed by atoms with E-state index in [1.807, 2.05) is 28.6 Å². The molecule has 0 atom stereocenters. The van der Waals surface area contributed by atoms with Crippen LogP contribution in [0, 0.1) is 12.8 Å². The molecule has 1 amide bonds. The monoisotopic (exact) mass is 367 g/mol. The smallest absolute Gasteiger partial charge is 0.253 e. The topological polar surface area (TPSA) is 45.6 Å². The Balaban J connectivity index is 1.76. The molecule has 0 bridgehead atoms. The third-order valence-corrected chi connectivity index (χ3v) is 6.20. The number of carbonyl (C=O) groups is 1. The van der Waals surface area contributed by atoms with Gasteiger partial charge in [0.25, 0.3) is 5.91 Å². The second-order valence-electron chi connectivity index (χ2n) is 7.39.